The van der Waals surface area contributed by atoms with Crippen LogP contribution in [0.4, 0.5) is 0 Å². The average molecular weight is 353 g/mol. The molecule has 1 aliphatic rings. The molecule has 3 heterocycles. The Balaban J connectivity index is 1.33. The molecule has 0 aliphatic carbocycles. The molecule has 0 amide bonds. The fourth-order valence-corrected chi connectivity index (χ4v) is 3.51. The van der Waals surface area contributed by atoms with Gasteiger partial charge in [-0.1, -0.05) is 35.5 Å². The molecule has 4 rings (SSSR count). The van der Waals surface area contributed by atoms with Crippen molar-refractivity contribution in [1.82, 2.24) is 24.6 Å². The standard InChI is InChI=1S/C19H23N5O2/c1-23-12-9-20-19(23)17(25)14-7-10-24(11-8-14)13-16-21-18(22-26-16)15-5-3-2-4-6-15/h2-6,9,12,14,17,25H,7-8,10-11,13H2,1H3. The summed E-state index contributed by atoms with van der Waals surface area (Å²) in [7, 11) is 1.92. The predicted molar refractivity (Wildman–Crippen MR) is 95.9 cm³/mol. The second-order valence-corrected chi connectivity index (χ2v) is 6.83. The van der Waals surface area contributed by atoms with Gasteiger partial charge in [-0.15, -0.1) is 0 Å². The lowest BCUT2D eigenvalue weighted by molar-refractivity contribution is 0.0466. The van der Waals surface area contributed by atoms with E-state index in [2.05, 4.69) is 20.0 Å². The molecule has 1 fully saturated rings. The van der Waals surface area contributed by atoms with Crippen molar-refractivity contribution in [3.05, 3.63) is 54.4 Å². The summed E-state index contributed by atoms with van der Waals surface area (Å²) >= 11 is 0. The van der Waals surface area contributed by atoms with E-state index in [1.54, 1.807) is 6.20 Å². The van der Waals surface area contributed by atoms with Gasteiger partial charge in [-0.2, -0.15) is 4.98 Å². The van der Waals surface area contributed by atoms with Gasteiger partial charge in [-0.25, -0.2) is 4.98 Å². The van der Waals surface area contributed by atoms with Crippen LogP contribution in [0.2, 0.25) is 0 Å². The minimum Gasteiger partial charge on any atom is -0.385 e. The van der Waals surface area contributed by atoms with Gasteiger partial charge in [0.1, 0.15) is 11.9 Å². The summed E-state index contributed by atoms with van der Waals surface area (Å²) in [5, 5.41) is 14.7. The summed E-state index contributed by atoms with van der Waals surface area (Å²) in [5.41, 5.74) is 0.958. The van der Waals surface area contributed by atoms with Crippen LogP contribution in [0.3, 0.4) is 0 Å². The lowest BCUT2D eigenvalue weighted by atomic mass is 9.91. The molecule has 1 unspecified atom stereocenters. The number of aliphatic hydroxyl groups excluding tert-OH is 1. The van der Waals surface area contributed by atoms with Crippen LogP contribution in [-0.4, -0.2) is 42.8 Å². The van der Waals surface area contributed by atoms with Gasteiger partial charge in [0, 0.05) is 25.0 Å². The Morgan fingerprint density at radius 2 is 2.00 bits per heavy atom. The average Bonchev–Trinajstić information content (AvgIpc) is 3.32. The first-order valence-electron chi connectivity index (χ1n) is 8.96. The quantitative estimate of drug-likeness (QED) is 0.759. The molecule has 3 aromatic rings. The van der Waals surface area contributed by atoms with E-state index in [4.69, 9.17) is 4.52 Å². The molecular weight excluding hydrogens is 330 g/mol. The summed E-state index contributed by atoms with van der Waals surface area (Å²) in [4.78, 5) is 11.1. The van der Waals surface area contributed by atoms with E-state index >= 15 is 0 Å². The largest absolute Gasteiger partial charge is 0.385 e. The second kappa shape index (κ2) is 7.39. The normalized spacial score (nSPS) is 17.5. The highest BCUT2D eigenvalue weighted by Gasteiger charge is 2.29. The first-order chi connectivity index (χ1) is 12.7. The summed E-state index contributed by atoms with van der Waals surface area (Å²) in [6.07, 6.45) is 4.94. The number of rotatable bonds is 5. The Morgan fingerprint density at radius 3 is 2.69 bits per heavy atom. The van der Waals surface area contributed by atoms with Crippen molar-refractivity contribution in [3.8, 4) is 11.4 Å². The lowest BCUT2D eigenvalue weighted by Gasteiger charge is -2.33. The van der Waals surface area contributed by atoms with Crippen molar-refractivity contribution in [2.75, 3.05) is 13.1 Å². The Hall–Kier alpha value is -2.51. The van der Waals surface area contributed by atoms with Crippen LogP contribution in [-0.2, 0) is 13.6 Å². The van der Waals surface area contributed by atoms with Gasteiger partial charge >= 0.3 is 0 Å². The molecule has 7 nitrogen and oxygen atoms in total. The molecule has 0 radical (unpaired) electrons. The molecule has 0 bridgehead atoms. The third-order valence-electron chi connectivity index (χ3n) is 5.06. The van der Waals surface area contributed by atoms with E-state index in [1.165, 1.54) is 0 Å². The van der Waals surface area contributed by atoms with E-state index in [0.717, 1.165) is 37.3 Å². The molecular formula is C19H23N5O2. The smallest absolute Gasteiger partial charge is 0.241 e. The fourth-order valence-electron chi connectivity index (χ4n) is 3.51. The van der Waals surface area contributed by atoms with Gasteiger partial charge in [0.2, 0.25) is 11.7 Å². The maximum absolute atomic E-state index is 10.6. The number of hydrogen-bond acceptors (Lipinski definition) is 6. The Bertz CT molecular complexity index is 837. The number of nitrogens with zero attached hydrogens (tertiary/aromatic N) is 5. The minimum absolute atomic E-state index is 0.231. The van der Waals surface area contributed by atoms with E-state index in [1.807, 2.05) is 48.1 Å². The fraction of sp³-hybridized carbons (Fsp3) is 0.421. The first kappa shape index (κ1) is 16.9. The molecule has 0 saturated carbocycles. The van der Waals surface area contributed by atoms with E-state index in [-0.39, 0.29) is 5.92 Å². The van der Waals surface area contributed by atoms with E-state index in [0.29, 0.717) is 18.3 Å². The number of aromatic nitrogens is 4. The number of likely N-dealkylation sites (tertiary alicyclic amines) is 1. The molecule has 7 heteroatoms. The molecule has 1 aromatic carbocycles. The first-order valence-corrected chi connectivity index (χ1v) is 8.96. The van der Waals surface area contributed by atoms with Crippen LogP contribution in [0.15, 0.2) is 47.2 Å². The van der Waals surface area contributed by atoms with E-state index < -0.39 is 6.10 Å². The third-order valence-corrected chi connectivity index (χ3v) is 5.06. The van der Waals surface area contributed by atoms with Crippen LogP contribution >= 0.6 is 0 Å². The van der Waals surface area contributed by atoms with Gasteiger partial charge in [-0.3, -0.25) is 4.90 Å². The van der Waals surface area contributed by atoms with Crippen molar-refractivity contribution in [2.45, 2.75) is 25.5 Å². The van der Waals surface area contributed by atoms with E-state index in [9.17, 15) is 5.11 Å². The number of piperidine rings is 1. The molecule has 2 aromatic heterocycles. The highest BCUT2D eigenvalue weighted by Crippen LogP contribution is 2.30. The molecule has 1 atom stereocenters. The van der Waals surface area contributed by atoms with Crippen molar-refractivity contribution in [2.24, 2.45) is 13.0 Å². The third kappa shape index (κ3) is 3.54. The van der Waals surface area contributed by atoms with Crippen molar-refractivity contribution >= 4 is 0 Å². The zero-order chi connectivity index (χ0) is 17.9. The molecule has 1 aliphatic heterocycles. The van der Waals surface area contributed by atoms with Crippen LogP contribution < -0.4 is 0 Å². The zero-order valence-electron chi connectivity index (χ0n) is 14.8. The van der Waals surface area contributed by atoms with Crippen LogP contribution in [0.25, 0.3) is 11.4 Å². The van der Waals surface area contributed by atoms with Gasteiger partial charge in [0.05, 0.1) is 6.54 Å². The zero-order valence-corrected chi connectivity index (χ0v) is 14.8. The number of aliphatic hydroxyl groups is 1. The van der Waals surface area contributed by atoms with Crippen molar-refractivity contribution in [3.63, 3.8) is 0 Å². The molecule has 1 N–H and O–H groups in total. The van der Waals surface area contributed by atoms with Crippen LogP contribution in [0.1, 0.15) is 30.7 Å². The molecule has 136 valence electrons. The Kier molecular flexibility index (Phi) is 4.81. The number of benzene rings is 1. The number of imidazole rings is 1. The second-order valence-electron chi connectivity index (χ2n) is 6.83. The summed E-state index contributed by atoms with van der Waals surface area (Å²) in [6, 6.07) is 9.83. The SMILES string of the molecule is Cn1ccnc1C(O)C1CCN(Cc2nc(-c3ccccc3)no2)CC1. The number of hydrogen-bond donors (Lipinski definition) is 1. The van der Waals surface area contributed by atoms with Gasteiger partial charge in [0.25, 0.3) is 0 Å². The van der Waals surface area contributed by atoms with Gasteiger partial charge < -0.3 is 14.2 Å². The molecule has 26 heavy (non-hydrogen) atoms. The Labute approximate surface area is 152 Å². The van der Waals surface area contributed by atoms with Gasteiger partial charge in [0.15, 0.2) is 0 Å². The van der Waals surface area contributed by atoms with Crippen molar-refractivity contribution < 1.29 is 9.63 Å². The maximum Gasteiger partial charge on any atom is 0.241 e. The summed E-state index contributed by atoms with van der Waals surface area (Å²) < 4.78 is 7.29. The highest BCUT2D eigenvalue weighted by atomic mass is 16.5. The van der Waals surface area contributed by atoms with Crippen LogP contribution in [0.5, 0.6) is 0 Å². The predicted octanol–water partition coefficient (Wildman–Crippen LogP) is 2.42. The maximum atomic E-state index is 10.6. The Morgan fingerprint density at radius 1 is 1.23 bits per heavy atom. The minimum atomic E-state index is -0.509. The lowest BCUT2D eigenvalue weighted by Crippen LogP contribution is -2.35. The van der Waals surface area contributed by atoms with Crippen molar-refractivity contribution in [1.29, 1.82) is 0 Å². The number of aryl methyl sites for hydroxylation is 1. The monoisotopic (exact) mass is 353 g/mol. The topological polar surface area (TPSA) is 80.2 Å². The molecule has 1 saturated heterocycles. The van der Waals surface area contributed by atoms with Crippen LogP contribution in [0, 0.1) is 5.92 Å². The van der Waals surface area contributed by atoms with Gasteiger partial charge in [-0.05, 0) is 31.8 Å². The summed E-state index contributed by atoms with van der Waals surface area (Å²) in [6.45, 7) is 2.44. The molecule has 0 spiro atoms. The highest BCUT2D eigenvalue weighted by molar-refractivity contribution is 5.53. The summed E-state index contributed by atoms with van der Waals surface area (Å²) in [5.74, 6) is 2.23.